The zero-order valence-corrected chi connectivity index (χ0v) is 31.5. The third-order valence-electron chi connectivity index (χ3n) is 9.69. The minimum atomic E-state index is -0.102. The number of terminal acetylenes is 1. The van der Waals surface area contributed by atoms with Gasteiger partial charge in [-0.15, -0.1) is 6.42 Å². The molecule has 3 saturated heterocycles. The van der Waals surface area contributed by atoms with Crippen molar-refractivity contribution < 1.29 is 0 Å². The zero-order chi connectivity index (χ0) is 39.4. The average Bonchev–Trinajstić information content (AvgIpc) is 3.13. The van der Waals surface area contributed by atoms with Gasteiger partial charge in [-0.3, -0.25) is 44.1 Å². The van der Waals surface area contributed by atoms with E-state index in [4.69, 9.17) is 43.3 Å². The van der Waals surface area contributed by atoms with Crippen molar-refractivity contribution in [3.63, 3.8) is 0 Å². The highest BCUT2D eigenvalue weighted by molar-refractivity contribution is 5.01. The van der Waals surface area contributed by atoms with Crippen LogP contribution in [0.5, 0.6) is 0 Å². The smallest absolute Gasteiger partial charge is 0.182 e. The lowest BCUT2D eigenvalue weighted by atomic mass is 10.1. The van der Waals surface area contributed by atoms with Crippen LogP contribution in [0.2, 0.25) is 0 Å². The van der Waals surface area contributed by atoms with Crippen LogP contribution in [-0.4, -0.2) is 140 Å². The fraction of sp³-hybridized carbons (Fsp3) is 0.714. The fourth-order valence-corrected chi connectivity index (χ4v) is 6.88. The Morgan fingerprint density at radius 1 is 0.442 bits per heavy atom. The molecule has 3 fully saturated rings. The summed E-state index contributed by atoms with van der Waals surface area (Å²) in [6.45, 7) is 16.8. The van der Waals surface area contributed by atoms with Crippen molar-refractivity contribution in [1.29, 1.82) is 42.1 Å². The van der Waals surface area contributed by atoms with Crippen LogP contribution in [0.4, 0.5) is 0 Å². The summed E-state index contributed by atoms with van der Waals surface area (Å²) >= 11 is 0. The Bertz CT molecular complexity index is 1340. The van der Waals surface area contributed by atoms with E-state index in [0.717, 1.165) is 19.3 Å². The van der Waals surface area contributed by atoms with Gasteiger partial charge in [0.2, 0.25) is 0 Å². The standard InChI is InChI=1S/C14H22N6.C11H15N5.C10H14N6/c1-4-12-18(9-7-15)13(5-2)20(11-17)14(6-3)19(12)10-8-16;1-4-6-14-9-15(7-5-12)11(3)16(8-13)10(14)2;1-9-14(5-3-11)8-15(6-4-12)10(2)16(9)7-13/h12-14H,4-6,9-10H2,1-3H3;1,10-11H,6-7,9H2,2-3H3;9-10H,5-6,8H2,1-2H3. The maximum atomic E-state index is 9.48. The van der Waals surface area contributed by atoms with Crippen LogP contribution in [0.25, 0.3) is 0 Å². The van der Waals surface area contributed by atoms with Crippen molar-refractivity contribution in [2.24, 2.45) is 0 Å². The van der Waals surface area contributed by atoms with E-state index < -0.39 is 0 Å². The van der Waals surface area contributed by atoms with E-state index in [1.54, 1.807) is 14.7 Å². The molecule has 0 aromatic carbocycles. The van der Waals surface area contributed by atoms with Gasteiger partial charge in [-0.2, -0.15) is 42.1 Å². The number of rotatable bonds is 9. The largest absolute Gasteiger partial charge is 0.278 e. The van der Waals surface area contributed by atoms with Crippen molar-refractivity contribution in [2.45, 2.75) is 111 Å². The number of nitrogens with zero attached hydrogens (tertiary/aromatic N) is 17. The highest BCUT2D eigenvalue weighted by atomic mass is 15.6. The number of nitriles is 8. The number of hydrogen-bond donors (Lipinski definition) is 0. The fourth-order valence-electron chi connectivity index (χ4n) is 6.88. The molecule has 3 heterocycles. The Morgan fingerprint density at radius 3 is 0.962 bits per heavy atom. The molecule has 0 aromatic rings. The van der Waals surface area contributed by atoms with Gasteiger partial charge in [0.15, 0.2) is 18.6 Å². The van der Waals surface area contributed by atoms with Crippen molar-refractivity contribution in [3.8, 4) is 61.3 Å². The molecule has 3 rings (SSSR count). The molecule has 17 nitrogen and oxygen atoms in total. The van der Waals surface area contributed by atoms with Crippen LogP contribution in [0.3, 0.4) is 0 Å². The molecule has 0 amide bonds. The summed E-state index contributed by atoms with van der Waals surface area (Å²) < 4.78 is 0. The van der Waals surface area contributed by atoms with Crippen LogP contribution >= 0.6 is 0 Å². The summed E-state index contributed by atoms with van der Waals surface area (Å²) in [5, 5.41) is 71.9. The lowest BCUT2D eigenvalue weighted by Gasteiger charge is -2.54. The molecule has 6 atom stereocenters. The van der Waals surface area contributed by atoms with Crippen LogP contribution in [0.15, 0.2) is 0 Å². The summed E-state index contributed by atoms with van der Waals surface area (Å²) in [5.41, 5.74) is 0. The molecule has 0 radical (unpaired) electrons. The molecule has 6 unspecified atom stereocenters. The first-order valence-corrected chi connectivity index (χ1v) is 17.3. The van der Waals surface area contributed by atoms with Crippen LogP contribution < -0.4 is 0 Å². The highest BCUT2D eigenvalue weighted by Crippen LogP contribution is 2.30. The molecule has 0 aromatic heterocycles. The monoisotopic (exact) mass is 709 g/mol. The molecule has 52 heavy (non-hydrogen) atoms. The summed E-state index contributed by atoms with van der Waals surface area (Å²) in [6.07, 6.45) is 13.8. The Hall–Kier alpha value is -5.36. The minimum Gasteiger partial charge on any atom is -0.278 e. The predicted octanol–water partition coefficient (Wildman–Crippen LogP) is 1.92. The Morgan fingerprint density at radius 2 is 0.731 bits per heavy atom. The van der Waals surface area contributed by atoms with E-state index in [1.807, 2.05) is 70.9 Å². The molecule has 276 valence electrons. The minimum absolute atomic E-state index is 0.0222. The first-order chi connectivity index (χ1) is 25.0. The van der Waals surface area contributed by atoms with Gasteiger partial charge in [0, 0.05) is 0 Å². The van der Waals surface area contributed by atoms with Crippen LogP contribution in [-0.2, 0) is 0 Å². The molecular formula is C35H51N17. The molecule has 3 aliphatic heterocycles. The summed E-state index contributed by atoms with van der Waals surface area (Å²) in [7, 11) is 0. The Balaban J connectivity index is 0.000000394. The van der Waals surface area contributed by atoms with E-state index in [2.05, 4.69) is 61.8 Å². The molecule has 0 aliphatic carbocycles. The Kier molecular flexibility index (Phi) is 19.9. The van der Waals surface area contributed by atoms with Gasteiger partial charge in [0.25, 0.3) is 0 Å². The molecule has 3 aliphatic rings. The lowest BCUT2D eigenvalue weighted by Crippen LogP contribution is -2.69. The SMILES string of the molecule is C#CCN1CN(CC#N)C(C)N(C#N)C1C.CC1N(CC#N)CN(CC#N)C(C)N1C#N.CCC1N(C#N)C(CC)N(CC#N)C(CC)N1CC#N. The molecule has 17 heteroatoms. The average molecular weight is 710 g/mol. The predicted molar refractivity (Wildman–Crippen MR) is 189 cm³/mol. The van der Waals surface area contributed by atoms with Crippen molar-refractivity contribution in [3.05, 3.63) is 0 Å². The summed E-state index contributed by atoms with van der Waals surface area (Å²) in [6, 6.07) is 10.6. The first-order valence-electron chi connectivity index (χ1n) is 17.3. The van der Waals surface area contributed by atoms with E-state index in [-0.39, 0.29) is 69.3 Å². The second-order valence-corrected chi connectivity index (χ2v) is 12.3. The quantitative estimate of drug-likeness (QED) is 0.190. The molecule has 0 bridgehead atoms. The molecule has 0 N–H and O–H groups in total. The van der Waals surface area contributed by atoms with Gasteiger partial charge < -0.3 is 0 Å². The molecular weight excluding hydrogens is 659 g/mol. The normalized spacial score (nSPS) is 27.1. The van der Waals surface area contributed by atoms with E-state index in [0.29, 0.717) is 26.4 Å². The maximum absolute atomic E-state index is 9.48. The van der Waals surface area contributed by atoms with E-state index in [1.165, 1.54) is 0 Å². The third kappa shape index (κ3) is 10.8. The highest BCUT2D eigenvalue weighted by Gasteiger charge is 2.43. The second-order valence-electron chi connectivity index (χ2n) is 12.3. The zero-order valence-electron chi connectivity index (χ0n) is 31.5. The van der Waals surface area contributed by atoms with Gasteiger partial charge in [0.1, 0.15) is 0 Å². The Labute approximate surface area is 310 Å². The molecule has 0 spiro atoms. The maximum Gasteiger partial charge on any atom is 0.182 e. The van der Waals surface area contributed by atoms with Crippen LogP contribution in [0, 0.1) is 103 Å². The molecule has 0 saturated carbocycles. The van der Waals surface area contributed by atoms with E-state index in [9.17, 15) is 5.26 Å². The van der Waals surface area contributed by atoms with Gasteiger partial charge in [-0.05, 0) is 47.0 Å². The van der Waals surface area contributed by atoms with Gasteiger partial charge in [-0.1, -0.05) is 26.7 Å². The third-order valence-corrected chi connectivity index (χ3v) is 9.69. The van der Waals surface area contributed by atoms with Crippen LogP contribution in [0.1, 0.15) is 67.7 Å². The topological polar surface area (TPSA) is 219 Å². The first kappa shape index (κ1) is 44.7. The van der Waals surface area contributed by atoms with Crippen molar-refractivity contribution >= 4 is 0 Å². The van der Waals surface area contributed by atoms with Crippen molar-refractivity contribution in [2.75, 3.05) is 52.6 Å². The lowest BCUT2D eigenvalue weighted by molar-refractivity contribution is -0.144. The van der Waals surface area contributed by atoms with Gasteiger partial charge in [-0.25, -0.2) is 0 Å². The summed E-state index contributed by atoms with van der Waals surface area (Å²) in [5.74, 6) is 2.57. The van der Waals surface area contributed by atoms with Crippen molar-refractivity contribution in [1.82, 2.24) is 44.1 Å². The van der Waals surface area contributed by atoms with Gasteiger partial charge >= 0.3 is 0 Å². The summed E-state index contributed by atoms with van der Waals surface area (Å²) in [4.78, 5) is 16.7. The van der Waals surface area contributed by atoms with Gasteiger partial charge in [0.05, 0.1) is 126 Å². The van der Waals surface area contributed by atoms with E-state index >= 15 is 0 Å². The second kappa shape index (κ2) is 23.2. The number of hydrogen-bond acceptors (Lipinski definition) is 17.